The van der Waals surface area contributed by atoms with E-state index in [1.807, 2.05) is 0 Å². The number of hydrogen-bond acceptors (Lipinski definition) is 7. The van der Waals surface area contributed by atoms with Crippen LogP contribution in [0.2, 0.25) is 5.02 Å². The highest BCUT2D eigenvalue weighted by Gasteiger charge is 2.42. The number of nitrogens with zero attached hydrogens (tertiary/aromatic N) is 3. The molecule has 9 nitrogen and oxygen atoms in total. The van der Waals surface area contributed by atoms with Crippen LogP contribution in [0.3, 0.4) is 0 Å². The molecular weight excluding hydrogens is 538 g/mol. The molecule has 2 atom stereocenters. The molecule has 3 rings (SSSR count). The monoisotopic (exact) mass is 558 g/mol. The molecular formula is C20H22AlBrClFN4O5. The second-order valence-corrected chi connectivity index (χ2v) is 10.8. The molecule has 13 heteroatoms. The Balaban J connectivity index is 1.69. The third-order valence-electron chi connectivity index (χ3n) is 4.67. The molecule has 1 N–H and O–H groups in total. The molecule has 2 aromatic rings. The predicted molar refractivity (Wildman–Crippen MR) is 120 cm³/mol. The minimum atomic E-state index is -0.851. The molecule has 1 aromatic heterocycles. The molecule has 0 aliphatic carbocycles. The molecule has 33 heavy (non-hydrogen) atoms. The number of benzene rings is 1. The summed E-state index contributed by atoms with van der Waals surface area (Å²) in [5.41, 5.74) is -0.719. The average molecular weight is 560 g/mol. The number of carbonyl (C=O) groups excluding carboxylic acids is 2. The van der Waals surface area contributed by atoms with Crippen molar-refractivity contribution in [2.45, 2.75) is 49.7 Å². The van der Waals surface area contributed by atoms with Crippen LogP contribution in [-0.2, 0) is 9.53 Å². The second-order valence-electron chi connectivity index (χ2n) is 8.62. The molecule has 1 aliphatic rings. The van der Waals surface area contributed by atoms with Crippen LogP contribution in [0.5, 0.6) is 5.75 Å². The molecule has 2 heterocycles. The van der Waals surface area contributed by atoms with Crippen LogP contribution in [0.15, 0.2) is 27.4 Å². The third kappa shape index (κ3) is 7.06. The first-order valence-corrected chi connectivity index (χ1v) is 11.8. The lowest BCUT2D eigenvalue weighted by Crippen LogP contribution is -2.61. The SMILES string of the molecule is CC(C)(C)OC(=O)N1C[C@@]([Al])(NC(=O)COc2ccc(Cl)c(F)c2)CC[C@H]1c1nnc(Br)o1. The van der Waals surface area contributed by atoms with E-state index in [1.165, 1.54) is 17.0 Å². The standard InChI is InChI=1S/C20H22BrClFN4O5.Al/c1-20(2,3)32-19(29)27-9-11(4-7-15(27)17-25-26-18(21)31-17)24-16(28)10-30-12-5-6-13(22)14(23)8-12;/h5-6,8,15H,4,7,9-10H2,1-3H3,(H,24,28);/t15-;/m0./s1. The van der Waals surface area contributed by atoms with Crippen molar-refractivity contribution in [3.05, 3.63) is 39.7 Å². The zero-order valence-electron chi connectivity index (χ0n) is 18.2. The van der Waals surface area contributed by atoms with Crippen molar-refractivity contribution in [1.29, 1.82) is 0 Å². The largest absolute Gasteiger partial charge is 0.484 e. The number of aromatic nitrogens is 2. The summed E-state index contributed by atoms with van der Waals surface area (Å²) in [7, 11) is 0. The van der Waals surface area contributed by atoms with E-state index in [2.05, 4.69) is 47.7 Å². The molecule has 176 valence electrons. The van der Waals surface area contributed by atoms with Gasteiger partial charge in [0.2, 0.25) is 5.89 Å². The highest BCUT2D eigenvalue weighted by Crippen LogP contribution is 2.35. The maximum Gasteiger partial charge on any atom is 0.411 e. The van der Waals surface area contributed by atoms with Crippen LogP contribution < -0.4 is 10.1 Å². The Kier molecular flexibility index (Phi) is 7.94. The zero-order chi connectivity index (χ0) is 24.4. The summed E-state index contributed by atoms with van der Waals surface area (Å²) in [5, 5.41) is 10.6. The Labute approximate surface area is 211 Å². The van der Waals surface area contributed by atoms with Gasteiger partial charge in [-0.3, -0.25) is 9.69 Å². The fourth-order valence-electron chi connectivity index (χ4n) is 3.29. The maximum atomic E-state index is 13.6. The fourth-order valence-corrected chi connectivity index (χ4v) is 4.18. The van der Waals surface area contributed by atoms with E-state index < -0.39 is 33.9 Å². The average Bonchev–Trinajstić information content (AvgIpc) is 3.13. The first kappa shape index (κ1) is 25.7. The maximum absolute atomic E-state index is 13.6. The Bertz CT molecular complexity index is 1040. The van der Waals surface area contributed by atoms with Gasteiger partial charge in [-0.25, -0.2) is 9.18 Å². The number of piperidine rings is 1. The predicted octanol–water partition coefficient (Wildman–Crippen LogP) is 3.76. The van der Waals surface area contributed by atoms with Gasteiger partial charge >= 0.3 is 6.09 Å². The van der Waals surface area contributed by atoms with Gasteiger partial charge in [0.05, 0.1) is 5.02 Å². The van der Waals surface area contributed by atoms with Gasteiger partial charge in [0.1, 0.15) is 23.2 Å². The van der Waals surface area contributed by atoms with Crippen LogP contribution in [0, 0.1) is 5.82 Å². The van der Waals surface area contributed by atoms with Crippen molar-refractivity contribution in [3.63, 3.8) is 0 Å². The van der Waals surface area contributed by atoms with Gasteiger partial charge < -0.3 is 19.2 Å². The summed E-state index contributed by atoms with van der Waals surface area (Å²) < 4.78 is 29.1. The number of nitrogens with one attached hydrogen (secondary N) is 1. The van der Waals surface area contributed by atoms with Crippen molar-refractivity contribution in [3.8, 4) is 5.75 Å². The van der Waals surface area contributed by atoms with Gasteiger partial charge in [-0.1, -0.05) is 11.6 Å². The van der Waals surface area contributed by atoms with Crippen LogP contribution in [0.25, 0.3) is 0 Å². The number of hydrogen-bond donors (Lipinski definition) is 1. The summed E-state index contributed by atoms with van der Waals surface area (Å²) in [5.74, 6) is -0.648. The summed E-state index contributed by atoms with van der Waals surface area (Å²) in [4.78, 5) is 27.2. The number of ether oxygens (including phenoxy) is 2. The minimum absolute atomic E-state index is 0.0389. The smallest absolute Gasteiger partial charge is 0.411 e. The highest BCUT2D eigenvalue weighted by molar-refractivity contribution is 9.10. The lowest BCUT2D eigenvalue weighted by atomic mass is 9.97. The van der Waals surface area contributed by atoms with Gasteiger partial charge in [0, 0.05) is 28.5 Å². The quantitative estimate of drug-likeness (QED) is 0.556. The lowest BCUT2D eigenvalue weighted by molar-refractivity contribution is -0.125. The van der Waals surface area contributed by atoms with Gasteiger partial charge in [-0.15, -0.1) is 10.2 Å². The number of rotatable bonds is 5. The molecule has 1 fully saturated rings. The van der Waals surface area contributed by atoms with E-state index in [0.29, 0.717) is 12.8 Å². The fraction of sp³-hybridized carbons (Fsp3) is 0.500. The Morgan fingerprint density at radius 3 is 2.76 bits per heavy atom. The molecule has 2 radical (unpaired) electrons. The van der Waals surface area contributed by atoms with E-state index in [9.17, 15) is 14.0 Å². The van der Waals surface area contributed by atoms with Crippen LogP contribution in [0.1, 0.15) is 45.5 Å². The van der Waals surface area contributed by atoms with Gasteiger partial charge in [-0.05, 0) is 50.1 Å². The first-order valence-electron chi connectivity index (χ1n) is 10.0. The number of carbonyl (C=O) groups is 2. The first-order chi connectivity index (χ1) is 15.3. The molecule has 0 bridgehead atoms. The normalized spacial score (nSPS) is 20.9. The summed E-state index contributed by atoms with van der Waals surface area (Å²) in [6.07, 6.45) is 0.347. The highest BCUT2D eigenvalue weighted by atomic mass is 79.9. The van der Waals surface area contributed by atoms with Crippen LogP contribution in [0.4, 0.5) is 9.18 Å². The molecule has 1 saturated heterocycles. The van der Waals surface area contributed by atoms with E-state index >= 15 is 0 Å². The summed E-state index contributed by atoms with van der Waals surface area (Å²) in [6, 6.07) is 3.39. The third-order valence-corrected chi connectivity index (χ3v) is 5.91. The van der Waals surface area contributed by atoms with Crippen molar-refractivity contribution in [1.82, 2.24) is 20.4 Å². The van der Waals surface area contributed by atoms with Crippen molar-refractivity contribution < 1.29 is 27.9 Å². The van der Waals surface area contributed by atoms with E-state index in [4.69, 9.17) is 25.5 Å². The summed E-state index contributed by atoms with van der Waals surface area (Å²) >= 11 is 11.4. The number of halogens is 3. The summed E-state index contributed by atoms with van der Waals surface area (Å²) in [6.45, 7) is 5.06. The van der Waals surface area contributed by atoms with E-state index in [0.717, 1.165) is 6.07 Å². The molecule has 0 spiro atoms. The minimum Gasteiger partial charge on any atom is -0.484 e. The van der Waals surface area contributed by atoms with Crippen LogP contribution >= 0.6 is 27.5 Å². The van der Waals surface area contributed by atoms with Crippen molar-refractivity contribution >= 4 is 55.8 Å². The van der Waals surface area contributed by atoms with E-state index in [-0.39, 0.29) is 34.6 Å². The molecule has 2 amide bonds. The zero-order valence-corrected chi connectivity index (χ0v) is 21.7. The lowest BCUT2D eigenvalue weighted by Gasteiger charge is -2.45. The Hall–Kier alpha value is -1.87. The van der Waals surface area contributed by atoms with Crippen LogP contribution in [-0.4, -0.2) is 66.5 Å². The van der Waals surface area contributed by atoms with Gasteiger partial charge in [-0.2, -0.15) is 0 Å². The second kappa shape index (κ2) is 10.2. The number of likely N-dealkylation sites (tertiary alicyclic amines) is 1. The van der Waals surface area contributed by atoms with Crippen molar-refractivity contribution in [2.75, 3.05) is 13.2 Å². The molecule has 0 unspecified atom stereocenters. The van der Waals surface area contributed by atoms with E-state index in [1.54, 1.807) is 20.8 Å². The molecule has 0 saturated carbocycles. The Morgan fingerprint density at radius 2 is 2.15 bits per heavy atom. The number of amides is 2. The van der Waals surface area contributed by atoms with Gasteiger partial charge in [0.25, 0.3) is 10.7 Å². The van der Waals surface area contributed by atoms with Gasteiger partial charge in [0.15, 0.2) is 22.9 Å². The molecule has 1 aromatic carbocycles. The topological polar surface area (TPSA) is 107 Å². The Morgan fingerprint density at radius 1 is 1.42 bits per heavy atom. The molecule has 1 aliphatic heterocycles. The van der Waals surface area contributed by atoms with Crippen molar-refractivity contribution in [2.24, 2.45) is 0 Å².